The summed E-state index contributed by atoms with van der Waals surface area (Å²) in [5.41, 5.74) is 2.19. The molecule has 6 nitrogen and oxygen atoms in total. The van der Waals surface area contributed by atoms with Crippen LogP contribution in [0.5, 0.6) is 0 Å². The Bertz CT molecular complexity index is 1190. The first-order valence-corrected chi connectivity index (χ1v) is 11.6. The maximum absolute atomic E-state index is 12.4. The van der Waals surface area contributed by atoms with Crippen molar-refractivity contribution in [3.63, 3.8) is 0 Å². The minimum absolute atomic E-state index is 0.230. The van der Waals surface area contributed by atoms with Crippen LogP contribution in [-0.4, -0.2) is 34.2 Å². The van der Waals surface area contributed by atoms with Gasteiger partial charge in [0, 0.05) is 17.0 Å². The van der Waals surface area contributed by atoms with E-state index >= 15 is 0 Å². The van der Waals surface area contributed by atoms with Crippen molar-refractivity contribution >= 4 is 57.4 Å². The molecule has 9 heteroatoms. The number of fused-ring (bicyclic) bond motifs is 1. The Balaban J connectivity index is 1.30. The number of amides is 3. The van der Waals surface area contributed by atoms with Gasteiger partial charge in [0.15, 0.2) is 5.13 Å². The van der Waals surface area contributed by atoms with E-state index in [1.54, 1.807) is 36.4 Å². The predicted octanol–water partition coefficient (Wildman–Crippen LogP) is 5.63. The first-order valence-electron chi connectivity index (χ1n) is 10.0. The van der Waals surface area contributed by atoms with E-state index in [1.165, 1.54) is 22.3 Å². The number of halogens is 2. The molecule has 3 aromatic rings. The van der Waals surface area contributed by atoms with Crippen molar-refractivity contribution in [3.8, 4) is 0 Å². The van der Waals surface area contributed by atoms with Gasteiger partial charge in [0.05, 0.1) is 26.9 Å². The lowest BCUT2D eigenvalue weighted by molar-refractivity contribution is 0.0651. The van der Waals surface area contributed by atoms with E-state index in [0.29, 0.717) is 44.8 Å². The van der Waals surface area contributed by atoms with Crippen molar-refractivity contribution in [3.05, 3.63) is 79.8 Å². The number of imide groups is 1. The number of thiazole rings is 1. The van der Waals surface area contributed by atoms with Crippen LogP contribution >= 0.6 is 34.5 Å². The standard InChI is InChI=1S/C23H19Cl2N3O3S/c1-13-19(32-23(26-13)27-20(29)14-9-10-17(24)18(25)12-14)8-4-5-11-28-21(30)15-6-2-3-7-16(15)22(28)31/h2-3,6-7,9-10,12H,4-5,8,11H2,1H3,(H,26,27,29). The average molecular weight is 488 g/mol. The number of hydrogen-bond donors (Lipinski definition) is 1. The number of benzene rings is 2. The summed E-state index contributed by atoms with van der Waals surface area (Å²) in [6, 6.07) is 11.6. The lowest BCUT2D eigenvalue weighted by Gasteiger charge is -2.13. The molecule has 0 radical (unpaired) electrons. The SMILES string of the molecule is Cc1nc(NC(=O)c2ccc(Cl)c(Cl)c2)sc1CCCCN1C(=O)c2ccccc2C1=O. The van der Waals surface area contributed by atoms with Gasteiger partial charge in [0.25, 0.3) is 17.7 Å². The van der Waals surface area contributed by atoms with Crippen LogP contribution in [0, 0.1) is 6.92 Å². The van der Waals surface area contributed by atoms with Gasteiger partial charge in [0.2, 0.25) is 0 Å². The summed E-state index contributed by atoms with van der Waals surface area (Å²) in [5.74, 6) is -0.770. The first kappa shape index (κ1) is 22.5. The fraction of sp³-hybridized carbons (Fsp3) is 0.217. The minimum Gasteiger partial charge on any atom is -0.298 e. The fourth-order valence-electron chi connectivity index (χ4n) is 3.52. The van der Waals surface area contributed by atoms with Crippen LogP contribution in [-0.2, 0) is 6.42 Å². The molecular weight excluding hydrogens is 469 g/mol. The maximum atomic E-state index is 12.4. The van der Waals surface area contributed by atoms with Gasteiger partial charge in [-0.25, -0.2) is 4.98 Å². The van der Waals surface area contributed by atoms with E-state index in [0.717, 1.165) is 23.4 Å². The van der Waals surface area contributed by atoms with E-state index in [4.69, 9.17) is 23.2 Å². The zero-order valence-corrected chi connectivity index (χ0v) is 19.5. The molecule has 0 saturated heterocycles. The summed E-state index contributed by atoms with van der Waals surface area (Å²) in [5, 5.41) is 4.00. The second kappa shape index (κ2) is 9.40. The fourth-order valence-corrected chi connectivity index (χ4v) is 4.82. The molecule has 1 aromatic heterocycles. The molecule has 1 N–H and O–H groups in total. The summed E-state index contributed by atoms with van der Waals surface area (Å²) >= 11 is 13.3. The highest BCUT2D eigenvalue weighted by molar-refractivity contribution is 7.15. The van der Waals surface area contributed by atoms with Crippen LogP contribution in [0.4, 0.5) is 5.13 Å². The van der Waals surface area contributed by atoms with Crippen molar-refractivity contribution in [2.75, 3.05) is 11.9 Å². The normalized spacial score (nSPS) is 12.9. The zero-order chi connectivity index (χ0) is 22.8. The topological polar surface area (TPSA) is 79.4 Å². The number of aromatic nitrogens is 1. The second-order valence-corrected chi connectivity index (χ2v) is 9.27. The summed E-state index contributed by atoms with van der Waals surface area (Å²) in [6.07, 6.45) is 2.22. The third kappa shape index (κ3) is 4.55. The van der Waals surface area contributed by atoms with Gasteiger partial charge < -0.3 is 0 Å². The molecule has 1 aliphatic heterocycles. The van der Waals surface area contributed by atoms with Crippen molar-refractivity contribution in [2.24, 2.45) is 0 Å². The zero-order valence-electron chi connectivity index (χ0n) is 17.2. The molecule has 2 heterocycles. The summed E-state index contributed by atoms with van der Waals surface area (Å²) in [6.45, 7) is 2.27. The number of anilines is 1. The quantitative estimate of drug-likeness (QED) is 0.345. The number of carbonyl (C=O) groups is 3. The van der Waals surface area contributed by atoms with Crippen LogP contribution in [0.3, 0.4) is 0 Å². The minimum atomic E-state index is -0.311. The van der Waals surface area contributed by atoms with E-state index in [2.05, 4.69) is 10.3 Å². The summed E-state index contributed by atoms with van der Waals surface area (Å²) in [4.78, 5) is 44.1. The maximum Gasteiger partial charge on any atom is 0.261 e. The summed E-state index contributed by atoms with van der Waals surface area (Å²) < 4.78 is 0. The van der Waals surface area contributed by atoms with Gasteiger partial charge in [0.1, 0.15) is 0 Å². The molecule has 1 aliphatic rings. The van der Waals surface area contributed by atoms with Crippen molar-refractivity contribution in [1.29, 1.82) is 0 Å². The Morgan fingerprint density at radius 1 is 1.03 bits per heavy atom. The molecule has 164 valence electrons. The predicted molar refractivity (Wildman–Crippen MR) is 126 cm³/mol. The lowest BCUT2D eigenvalue weighted by atomic mass is 10.1. The molecule has 0 unspecified atom stereocenters. The molecule has 2 aromatic carbocycles. The van der Waals surface area contributed by atoms with Crippen molar-refractivity contribution in [1.82, 2.24) is 9.88 Å². The van der Waals surface area contributed by atoms with Crippen molar-refractivity contribution < 1.29 is 14.4 Å². The largest absolute Gasteiger partial charge is 0.298 e. The van der Waals surface area contributed by atoms with Crippen LogP contribution in [0.2, 0.25) is 10.0 Å². The number of hydrogen-bond acceptors (Lipinski definition) is 5. The molecule has 4 rings (SSSR count). The van der Waals surface area contributed by atoms with E-state index in [-0.39, 0.29) is 17.7 Å². The Kier molecular flexibility index (Phi) is 6.60. The first-order chi connectivity index (χ1) is 15.3. The Morgan fingerprint density at radius 3 is 2.38 bits per heavy atom. The second-order valence-electron chi connectivity index (χ2n) is 7.38. The number of nitrogens with zero attached hydrogens (tertiary/aromatic N) is 2. The van der Waals surface area contributed by atoms with Gasteiger partial charge >= 0.3 is 0 Å². The Hall–Kier alpha value is -2.74. The van der Waals surface area contributed by atoms with Crippen LogP contribution in [0.15, 0.2) is 42.5 Å². The van der Waals surface area contributed by atoms with Gasteiger partial charge in [-0.2, -0.15) is 0 Å². The van der Waals surface area contributed by atoms with E-state index in [9.17, 15) is 14.4 Å². The lowest BCUT2D eigenvalue weighted by Crippen LogP contribution is -2.30. The molecule has 0 saturated carbocycles. The number of carbonyl (C=O) groups excluding carboxylic acids is 3. The van der Waals surface area contributed by atoms with Gasteiger partial charge in [-0.15, -0.1) is 11.3 Å². The van der Waals surface area contributed by atoms with Crippen LogP contribution in [0.25, 0.3) is 0 Å². The smallest absolute Gasteiger partial charge is 0.261 e. The average Bonchev–Trinajstić information content (AvgIpc) is 3.24. The molecular formula is C23H19Cl2N3O3S. The highest BCUT2D eigenvalue weighted by Crippen LogP contribution is 2.27. The van der Waals surface area contributed by atoms with Gasteiger partial charge in [-0.05, 0) is 56.5 Å². The molecule has 3 amide bonds. The number of nitrogens with one attached hydrogen (secondary N) is 1. The summed E-state index contributed by atoms with van der Waals surface area (Å²) in [7, 11) is 0. The van der Waals surface area contributed by atoms with E-state index in [1.807, 2.05) is 6.92 Å². The Morgan fingerprint density at radius 2 is 1.72 bits per heavy atom. The van der Waals surface area contributed by atoms with Crippen LogP contribution < -0.4 is 5.32 Å². The van der Waals surface area contributed by atoms with Gasteiger partial charge in [-0.1, -0.05) is 35.3 Å². The third-order valence-electron chi connectivity index (χ3n) is 5.21. The third-order valence-corrected chi connectivity index (χ3v) is 7.08. The molecule has 0 bridgehead atoms. The van der Waals surface area contributed by atoms with E-state index < -0.39 is 0 Å². The highest BCUT2D eigenvalue weighted by atomic mass is 35.5. The van der Waals surface area contributed by atoms with Crippen molar-refractivity contribution in [2.45, 2.75) is 26.2 Å². The van der Waals surface area contributed by atoms with Gasteiger partial charge in [-0.3, -0.25) is 24.6 Å². The molecule has 0 atom stereocenters. The number of rotatable bonds is 7. The monoisotopic (exact) mass is 487 g/mol. The molecule has 0 fully saturated rings. The molecule has 0 aliphatic carbocycles. The van der Waals surface area contributed by atoms with Crippen LogP contribution in [0.1, 0.15) is 54.5 Å². The molecule has 0 spiro atoms. The highest BCUT2D eigenvalue weighted by Gasteiger charge is 2.34. The Labute approximate surface area is 199 Å². The molecule has 32 heavy (non-hydrogen) atoms. The number of aryl methyl sites for hydroxylation is 2. The number of unbranched alkanes of at least 4 members (excludes halogenated alkanes) is 1.